The van der Waals surface area contributed by atoms with Crippen molar-refractivity contribution in [3.8, 4) is 11.5 Å². The zero-order valence-corrected chi connectivity index (χ0v) is 16.2. The van der Waals surface area contributed by atoms with Gasteiger partial charge in [0, 0.05) is 21.2 Å². The summed E-state index contributed by atoms with van der Waals surface area (Å²) in [5.74, 6) is 0.602. The predicted molar refractivity (Wildman–Crippen MR) is 99.7 cm³/mol. The lowest BCUT2D eigenvalue weighted by Crippen LogP contribution is -2.90. The largest absolute Gasteiger partial charge is 0.544 e. The molecule has 1 aliphatic heterocycles. The quantitative estimate of drug-likeness (QED) is 0.783. The third-order valence-electron chi connectivity index (χ3n) is 4.12. The van der Waals surface area contributed by atoms with Crippen LogP contribution in [0, 0.1) is 0 Å². The average molecular weight is 414 g/mol. The first-order chi connectivity index (χ1) is 12.5. The van der Waals surface area contributed by atoms with Gasteiger partial charge in [-0.25, -0.2) is 0 Å². The molecule has 1 fully saturated rings. The molecule has 2 atom stereocenters. The van der Waals surface area contributed by atoms with E-state index in [0.717, 1.165) is 5.56 Å². The van der Waals surface area contributed by atoms with Crippen LogP contribution in [-0.2, 0) is 11.4 Å². The van der Waals surface area contributed by atoms with Crippen LogP contribution >= 0.6 is 35.0 Å². The number of ether oxygens (including phenoxy) is 2. The van der Waals surface area contributed by atoms with Crippen molar-refractivity contribution in [3.05, 3.63) is 57.6 Å². The van der Waals surface area contributed by atoms with E-state index in [1.165, 1.54) is 0 Å². The lowest BCUT2D eigenvalue weighted by atomic mass is 10.2. The number of carbonyl (C=O) groups is 1. The highest BCUT2D eigenvalue weighted by molar-refractivity contribution is 7.99. The Morgan fingerprint density at radius 1 is 1.27 bits per heavy atom. The molecular formula is C18H17Cl2NO4S. The molecule has 1 saturated heterocycles. The molecule has 1 aliphatic rings. The van der Waals surface area contributed by atoms with E-state index in [2.05, 4.69) is 0 Å². The van der Waals surface area contributed by atoms with Crippen molar-refractivity contribution in [1.29, 1.82) is 0 Å². The summed E-state index contributed by atoms with van der Waals surface area (Å²) in [5.41, 5.74) is 1.66. The lowest BCUT2D eigenvalue weighted by molar-refractivity contribution is -0.690. The minimum absolute atomic E-state index is 0.0149. The van der Waals surface area contributed by atoms with Gasteiger partial charge in [-0.2, -0.15) is 0 Å². The zero-order chi connectivity index (χ0) is 18.7. The maximum Gasteiger partial charge on any atom is 0.161 e. The van der Waals surface area contributed by atoms with Crippen LogP contribution < -0.4 is 19.9 Å². The van der Waals surface area contributed by atoms with E-state index >= 15 is 0 Å². The van der Waals surface area contributed by atoms with Crippen molar-refractivity contribution in [2.24, 2.45) is 0 Å². The van der Waals surface area contributed by atoms with Gasteiger partial charge in [-0.3, -0.25) is 0 Å². The molecule has 0 amide bonds. The van der Waals surface area contributed by atoms with Gasteiger partial charge in [-0.15, -0.1) is 0 Å². The van der Waals surface area contributed by atoms with Crippen LogP contribution in [0.25, 0.3) is 0 Å². The lowest BCUT2D eigenvalue weighted by Gasteiger charge is -2.15. The van der Waals surface area contributed by atoms with E-state index in [1.807, 2.05) is 12.1 Å². The van der Waals surface area contributed by atoms with Crippen LogP contribution in [0.15, 0.2) is 36.4 Å². The molecule has 0 unspecified atom stereocenters. The Labute approximate surface area is 165 Å². The molecule has 8 heteroatoms. The normalized spacial score (nSPS) is 19.3. The van der Waals surface area contributed by atoms with Gasteiger partial charge in [0.25, 0.3) is 0 Å². The van der Waals surface area contributed by atoms with Gasteiger partial charge >= 0.3 is 0 Å². The fourth-order valence-corrected chi connectivity index (χ4v) is 4.49. The minimum Gasteiger partial charge on any atom is -0.544 e. The number of quaternary nitrogens is 1. The number of benzene rings is 2. The number of hydrogen-bond acceptors (Lipinski definition) is 5. The topological polar surface area (TPSA) is 75.2 Å². The molecule has 2 aromatic carbocycles. The molecule has 5 nitrogen and oxygen atoms in total. The first-order valence-electron chi connectivity index (χ1n) is 7.90. The summed E-state index contributed by atoms with van der Waals surface area (Å²) in [6, 6.07) is 10.3. The summed E-state index contributed by atoms with van der Waals surface area (Å²) >= 11 is 13.9. The number of carboxylic acids is 1. The van der Waals surface area contributed by atoms with E-state index in [0.29, 0.717) is 32.9 Å². The summed E-state index contributed by atoms with van der Waals surface area (Å²) in [4.78, 5) is 11.0. The molecule has 0 radical (unpaired) electrons. The first-order valence-corrected chi connectivity index (χ1v) is 9.71. The Hall–Kier alpha value is -1.60. The molecule has 0 bridgehead atoms. The third-order valence-corrected chi connectivity index (χ3v) is 6.16. The minimum atomic E-state index is -1.04. The average Bonchev–Trinajstić information content (AvgIpc) is 3.12. The van der Waals surface area contributed by atoms with E-state index < -0.39 is 12.0 Å². The van der Waals surface area contributed by atoms with Crippen LogP contribution in [0.4, 0.5) is 0 Å². The highest BCUT2D eigenvalue weighted by atomic mass is 35.5. The van der Waals surface area contributed by atoms with Gasteiger partial charge in [0.2, 0.25) is 0 Å². The number of nitrogens with two attached hydrogens (primary N) is 1. The summed E-state index contributed by atoms with van der Waals surface area (Å²) in [6.07, 6.45) is 0. The van der Waals surface area contributed by atoms with E-state index in [9.17, 15) is 9.90 Å². The highest BCUT2D eigenvalue weighted by Gasteiger charge is 2.31. The van der Waals surface area contributed by atoms with Gasteiger partial charge in [-0.1, -0.05) is 41.0 Å². The number of carboxylic acid groups (broad SMARTS) is 1. The summed E-state index contributed by atoms with van der Waals surface area (Å²) in [5, 5.41) is 13.9. The standard InChI is InChI=1S/C18H17Cl2NO4S/c1-24-16-7-10(17-21-14(9-26-17)18(22)23)5-6-15(16)25-8-11-12(19)3-2-4-13(11)20/h2-7,14,17,21H,8-9H2,1H3,(H,22,23)/t14-,17+/m1/s1. The fraction of sp³-hybridized carbons (Fsp3) is 0.278. The maximum absolute atomic E-state index is 11.0. The van der Waals surface area contributed by atoms with Crippen LogP contribution in [0.3, 0.4) is 0 Å². The zero-order valence-electron chi connectivity index (χ0n) is 13.9. The number of aliphatic carboxylic acids is 1. The van der Waals surface area contributed by atoms with Crippen molar-refractivity contribution >= 4 is 40.9 Å². The Morgan fingerprint density at radius 3 is 2.62 bits per heavy atom. The molecule has 0 aliphatic carbocycles. The van der Waals surface area contributed by atoms with Crippen LogP contribution in [0.5, 0.6) is 11.5 Å². The molecule has 2 aromatic rings. The summed E-state index contributed by atoms with van der Waals surface area (Å²) in [6.45, 7) is 0.214. The Bertz CT molecular complexity index is 798. The van der Waals surface area contributed by atoms with Crippen LogP contribution in [0.1, 0.15) is 16.5 Å². The molecule has 0 aromatic heterocycles. The van der Waals surface area contributed by atoms with Crippen molar-refractivity contribution in [3.63, 3.8) is 0 Å². The van der Waals surface area contributed by atoms with E-state index in [4.69, 9.17) is 32.7 Å². The number of halogens is 2. The predicted octanol–water partition coefficient (Wildman–Crippen LogP) is 2.01. The van der Waals surface area contributed by atoms with Gasteiger partial charge in [0.1, 0.15) is 18.6 Å². The van der Waals surface area contributed by atoms with Crippen molar-refractivity contribution in [1.82, 2.24) is 0 Å². The molecule has 1 heterocycles. The number of carbonyl (C=O) groups excluding carboxylic acids is 1. The van der Waals surface area contributed by atoms with Crippen molar-refractivity contribution < 1.29 is 24.7 Å². The van der Waals surface area contributed by atoms with Gasteiger partial charge < -0.3 is 24.7 Å². The van der Waals surface area contributed by atoms with Crippen molar-refractivity contribution in [2.45, 2.75) is 18.0 Å². The first kappa shape index (κ1) is 19.2. The molecular weight excluding hydrogens is 397 g/mol. The molecule has 3 rings (SSSR count). The van der Waals surface area contributed by atoms with Gasteiger partial charge in [0.05, 0.1) is 12.9 Å². The highest BCUT2D eigenvalue weighted by Crippen LogP contribution is 2.35. The Balaban J connectivity index is 1.74. The maximum atomic E-state index is 11.0. The monoisotopic (exact) mass is 413 g/mol. The third kappa shape index (κ3) is 4.20. The number of thioether (sulfide) groups is 1. The van der Waals surface area contributed by atoms with E-state index in [-0.39, 0.29) is 12.0 Å². The number of methoxy groups -OCH3 is 1. The second kappa shape index (κ2) is 8.39. The second-order valence-corrected chi connectivity index (χ2v) is 7.76. The Kier molecular flexibility index (Phi) is 6.19. The van der Waals surface area contributed by atoms with Gasteiger partial charge in [-0.05, 0) is 30.3 Å². The molecule has 0 spiro atoms. The molecule has 2 N–H and O–H groups in total. The van der Waals surface area contributed by atoms with Crippen LogP contribution in [0.2, 0.25) is 10.0 Å². The second-order valence-electron chi connectivity index (χ2n) is 5.77. The SMILES string of the molecule is COc1cc([C@H]2[NH2+][C@@H](C(=O)[O-])CS2)ccc1OCc1c(Cl)cccc1Cl. The van der Waals surface area contributed by atoms with Crippen molar-refractivity contribution in [2.75, 3.05) is 12.9 Å². The molecule has 26 heavy (non-hydrogen) atoms. The molecule has 0 saturated carbocycles. The van der Waals surface area contributed by atoms with Gasteiger partial charge in [0.15, 0.2) is 16.9 Å². The van der Waals surface area contributed by atoms with E-state index in [1.54, 1.807) is 48.5 Å². The molecule has 138 valence electrons. The number of hydrogen-bond donors (Lipinski definition) is 1. The smallest absolute Gasteiger partial charge is 0.161 e. The fourth-order valence-electron chi connectivity index (χ4n) is 2.68. The summed E-state index contributed by atoms with van der Waals surface area (Å²) in [7, 11) is 1.56. The van der Waals surface area contributed by atoms with Crippen LogP contribution in [-0.4, -0.2) is 24.9 Å². The summed E-state index contributed by atoms with van der Waals surface area (Å²) < 4.78 is 11.3. The Morgan fingerprint density at radius 2 is 2.00 bits per heavy atom. The number of rotatable bonds is 6.